The van der Waals surface area contributed by atoms with Crippen molar-refractivity contribution in [2.24, 2.45) is 28.6 Å². The van der Waals surface area contributed by atoms with Crippen molar-refractivity contribution in [3.63, 3.8) is 0 Å². The second kappa shape index (κ2) is 3.81. The van der Waals surface area contributed by atoms with Gasteiger partial charge in [0.25, 0.3) is 0 Å². The van der Waals surface area contributed by atoms with Crippen molar-refractivity contribution in [2.45, 2.75) is 83.6 Å². The van der Waals surface area contributed by atoms with E-state index in [0.29, 0.717) is 23.2 Å². The predicted octanol–water partition coefficient (Wildman–Crippen LogP) is 3.71. The fourth-order valence-corrected chi connectivity index (χ4v) is 7.32. The molecule has 0 aromatic rings. The smallest absolute Gasteiger partial charge is 0.108 e. The summed E-state index contributed by atoms with van der Waals surface area (Å²) in [7, 11) is 0. The minimum Gasteiger partial charge on any atom is -0.360 e. The van der Waals surface area contributed by atoms with E-state index in [-0.39, 0.29) is 0 Å². The minimum atomic E-state index is 0.351. The number of ether oxygens (including phenoxy) is 1. The van der Waals surface area contributed by atoms with E-state index in [2.05, 4.69) is 19.2 Å². The highest BCUT2D eigenvalue weighted by atomic mass is 16.5. The third kappa shape index (κ3) is 1.34. The van der Waals surface area contributed by atoms with E-state index in [1.807, 2.05) is 0 Å². The summed E-state index contributed by atoms with van der Waals surface area (Å²) in [6.45, 7) is 5.17. The van der Waals surface area contributed by atoms with E-state index in [1.165, 1.54) is 51.4 Å². The maximum Gasteiger partial charge on any atom is 0.108 e. The fraction of sp³-hybridized carbons (Fsp3) is 1.00. The molecule has 6 saturated heterocycles. The molecule has 0 spiro atoms. The van der Waals surface area contributed by atoms with Crippen molar-refractivity contribution in [3.8, 4) is 0 Å². The predicted molar refractivity (Wildman–Crippen MR) is 79.2 cm³/mol. The first-order valence-electron chi connectivity index (χ1n) is 9.03. The number of rotatable bonds is 0. The zero-order valence-corrected chi connectivity index (χ0v) is 13.0. The first-order valence-corrected chi connectivity index (χ1v) is 9.03. The van der Waals surface area contributed by atoms with Gasteiger partial charge in [-0.3, -0.25) is 5.32 Å². The van der Waals surface area contributed by atoms with Crippen LogP contribution in [-0.4, -0.2) is 18.4 Å². The summed E-state index contributed by atoms with van der Waals surface area (Å²) in [5.74, 6) is 2.95. The van der Waals surface area contributed by atoms with Crippen molar-refractivity contribution in [2.75, 3.05) is 0 Å². The Balaban J connectivity index is 1.66. The van der Waals surface area contributed by atoms with Crippen molar-refractivity contribution in [1.29, 1.82) is 0 Å². The van der Waals surface area contributed by atoms with Gasteiger partial charge in [0.05, 0.1) is 6.10 Å². The molecule has 8 atom stereocenters. The molecule has 2 nitrogen and oxygen atoms in total. The molecule has 9 fully saturated rings. The minimum absolute atomic E-state index is 0.351. The molecule has 3 saturated carbocycles. The Bertz CT molecular complexity index is 437. The van der Waals surface area contributed by atoms with Crippen LogP contribution in [0.25, 0.3) is 0 Å². The highest BCUT2D eigenvalue weighted by molar-refractivity contribution is 5.12. The van der Waals surface area contributed by atoms with Gasteiger partial charge in [-0.05, 0) is 80.0 Å². The Kier molecular flexibility index (Phi) is 2.38. The van der Waals surface area contributed by atoms with E-state index in [4.69, 9.17) is 4.74 Å². The second-order valence-electron chi connectivity index (χ2n) is 8.95. The third-order valence-corrected chi connectivity index (χ3v) is 8.44. The first kappa shape index (κ1) is 12.5. The summed E-state index contributed by atoms with van der Waals surface area (Å²) in [6.07, 6.45) is 12.1. The Labute approximate surface area is 123 Å². The zero-order chi connectivity index (χ0) is 13.5. The molecule has 20 heavy (non-hydrogen) atoms. The van der Waals surface area contributed by atoms with E-state index in [1.54, 1.807) is 0 Å². The van der Waals surface area contributed by atoms with Gasteiger partial charge in [-0.25, -0.2) is 0 Å². The molecular formula is C18H29NO. The van der Waals surface area contributed by atoms with Gasteiger partial charge in [0.2, 0.25) is 0 Å². The van der Waals surface area contributed by atoms with Gasteiger partial charge in [-0.15, -0.1) is 0 Å². The summed E-state index contributed by atoms with van der Waals surface area (Å²) >= 11 is 0. The molecule has 9 aliphatic rings. The molecule has 1 N–H and O–H groups in total. The molecule has 0 radical (unpaired) electrons. The fourth-order valence-electron chi connectivity index (χ4n) is 7.32. The van der Waals surface area contributed by atoms with Crippen LogP contribution < -0.4 is 5.32 Å². The van der Waals surface area contributed by atoms with E-state index in [0.717, 1.165) is 23.8 Å². The van der Waals surface area contributed by atoms with Crippen LogP contribution in [0, 0.1) is 28.6 Å². The molecule has 0 amide bonds. The number of piperidine rings is 1. The number of nitrogens with one attached hydrogen (secondary N) is 1. The average Bonchev–Trinajstić information content (AvgIpc) is 2.74. The van der Waals surface area contributed by atoms with Gasteiger partial charge in [0.15, 0.2) is 0 Å². The summed E-state index contributed by atoms with van der Waals surface area (Å²) in [5, 5.41) is 3.91. The van der Waals surface area contributed by atoms with Crippen LogP contribution in [0.4, 0.5) is 0 Å². The molecule has 2 heteroatoms. The van der Waals surface area contributed by atoms with Gasteiger partial charge >= 0.3 is 0 Å². The van der Waals surface area contributed by atoms with Crippen LogP contribution in [0.15, 0.2) is 0 Å². The van der Waals surface area contributed by atoms with Gasteiger partial charge in [0.1, 0.15) is 6.23 Å². The maximum absolute atomic E-state index is 6.62. The molecule has 9 rings (SSSR count). The first-order chi connectivity index (χ1) is 9.61. The average molecular weight is 275 g/mol. The lowest BCUT2D eigenvalue weighted by Gasteiger charge is -2.62. The van der Waals surface area contributed by atoms with E-state index in [9.17, 15) is 0 Å². The van der Waals surface area contributed by atoms with Crippen LogP contribution in [0.1, 0.15) is 65.2 Å². The molecule has 0 aromatic heterocycles. The summed E-state index contributed by atoms with van der Waals surface area (Å²) in [4.78, 5) is 0. The van der Waals surface area contributed by atoms with Crippen LogP contribution in [0.5, 0.6) is 0 Å². The van der Waals surface area contributed by atoms with Crippen molar-refractivity contribution in [1.82, 2.24) is 5.32 Å². The molecular weight excluding hydrogens is 246 g/mol. The van der Waals surface area contributed by atoms with Crippen LogP contribution in [-0.2, 0) is 4.74 Å². The Hall–Kier alpha value is -0.0800. The Morgan fingerprint density at radius 3 is 2.55 bits per heavy atom. The largest absolute Gasteiger partial charge is 0.360 e. The van der Waals surface area contributed by atoms with Gasteiger partial charge in [-0.1, -0.05) is 13.8 Å². The highest BCUT2D eigenvalue weighted by Crippen LogP contribution is 2.65. The molecule has 8 bridgehead atoms. The highest BCUT2D eigenvalue weighted by Gasteiger charge is 2.62. The van der Waals surface area contributed by atoms with Crippen molar-refractivity contribution >= 4 is 0 Å². The number of hydrogen-bond donors (Lipinski definition) is 1. The molecule has 3 unspecified atom stereocenters. The Morgan fingerprint density at radius 2 is 1.65 bits per heavy atom. The number of hydrogen-bond acceptors (Lipinski definition) is 2. The zero-order valence-electron chi connectivity index (χ0n) is 13.0. The second-order valence-corrected chi connectivity index (χ2v) is 8.95. The topological polar surface area (TPSA) is 21.3 Å². The maximum atomic E-state index is 6.62. The SMILES string of the molecule is C[C@@]12CCC3[C@H]4CC[C@H]5NC(CC[C@]35C)OC1CC[C@H]42. The normalized spacial score (nSPS) is 63.9. The molecule has 6 aliphatic heterocycles. The van der Waals surface area contributed by atoms with Crippen LogP contribution >= 0.6 is 0 Å². The lowest BCUT2D eigenvalue weighted by Crippen LogP contribution is -2.64. The molecule has 0 aromatic carbocycles. The van der Waals surface area contributed by atoms with Gasteiger partial charge < -0.3 is 4.74 Å². The van der Waals surface area contributed by atoms with Crippen LogP contribution in [0.2, 0.25) is 0 Å². The van der Waals surface area contributed by atoms with E-state index >= 15 is 0 Å². The van der Waals surface area contributed by atoms with Gasteiger partial charge in [0, 0.05) is 6.04 Å². The van der Waals surface area contributed by atoms with Crippen molar-refractivity contribution < 1.29 is 4.74 Å². The lowest BCUT2D eigenvalue weighted by molar-refractivity contribution is -0.189. The monoisotopic (exact) mass is 275 g/mol. The quantitative estimate of drug-likeness (QED) is 0.728. The molecule has 6 heterocycles. The summed E-state index contributed by atoms with van der Waals surface area (Å²) < 4.78 is 6.62. The van der Waals surface area contributed by atoms with Gasteiger partial charge in [-0.2, -0.15) is 0 Å². The molecule has 3 aliphatic carbocycles. The summed E-state index contributed by atoms with van der Waals surface area (Å²) in [6, 6.07) is 0.726. The lowest BCUT2D eigenvalue weighted by atomic mass is 9.47. The van der Waals surface area contributed by atoms with E-state index < -0.39 is 0 Å². The third-order valence-electron chi connectivity index (χ3n) is 8.44. The number of fused-ring (bicyclic) bond motifs is 1. The van der Waals surface area contributed by atoms with Crippen LogP contribution in [0.3, 0.4) is 0 Å². The Morgan fingerprint density at radius 1 is 0.850 bits per heavy atom. The summed E-state index contributed by atoms with van der Waals surface area (Å²) in [5.41, 5.74) is 1.04. The standard InChI is InChI=1S/C18H29NO/c1-17-10-8-16-19-14(17)5-3-11-12-4-6-15(20-16)18(12,2)9-7-13(11)17/h11-16,19H,3-10H2,1-2H3/t11-,12+,13?,14+,15?,16?,17+,18-/m0/s1. The van der Waals surface area contributed by atoms with Crippen molar-refractivity contribution in [3.05, 3.63) is 0 Å². The molecule has 112 valence electrons.